The molecule has 2 aromatic carbocycles. The summed E-state index contributed by atoms with van der Waals surface area (Å²) in [6.45, 7) is 9.40. The fourth-order valence-electron chi connectivity index (χ4n) is 4.34. The number of unbranched alkanes of at least 4 members (excludes halogenated alkanes) is 1. The lowest BCUT2D eigenvalue weighted by atomic mass is 9.91. The molecule has 7 heteroatoms. The number of benzene rings is 2. The number of ether oxygens (including phenoxy) is 1. The van der Waals surface area contributed by atoms with Gasteiger partial charge in [-0.15, -0.1) is 0 Å². The van der Waals surface area contributed by atoms with E-state index in [1.54, 1.807) is 12.1 Å². The van der Waals surface area contributed by atoms with Crippen LogP contribution >= 0.6 is 0 Å². The first kappa shape index (κ1) is 23.5. The molecule has 0 saturated carbocycles. The average Bonchev–Trinajstić information content (AvgIpc) is 3.32. The van der Waals surface area contributed by atoms with Crippen LogP contribution in [0.4, 0.5) is 0 Å². The van der Waals surface area contributed by atoms with E-state index in [2.05, 4.69) is 36.1 Å². The normalized spacial score (nSPS) is 13.0. The average molecular weight is 459 g/mol. The van der Waals surface area contributed by atoms with Crippen LogP contribution in [0.15, 0.2) is 34.9 Å². The van der Waals surface area contributed by atoms with E-state index in [9.17, 15) is 10.1 Å². The first-order chi connectivity index (χ1) is 16.4. The maximum absolute atomic E-state index is 12.5. The van der Waals surface area contributed by atoms with Gasteiger partial charge in [0.25, 0.3) is 5.89 Å². The lowest BCUT2D eigenvalue weighted by Gasteiger charge is -2.30. The predicted molar refractivity (Wildman–Crippen MR) is 129 cm³/mol. The summed E-state index contributed by atoms with van der Waals surface area (Å²) in [7, 11) is 0. The number of nitrogens with zero attached hydrogens (tertiary/aromatic N) is 4. The fourth-order valence-corrected chi connectivity index (χ4v) is 4.34. The monoisotopic (exact) mass is 458 g/mol. The van der Waals surface area contributed by atoms with Crippen molar-refractivity contribution in [3.8, 4) is 34.7 Å². The molecule has 0 unspecified atom stereocenters. The van der Waals surface area contributed by atoms with E-state index in [1.165, 1.54) is 11.1 Å². The molecule has 34 heavy (non-hydrogen) atoms. The summed E-state index contributed by atoms with van der Waals surface area (Å²) < 4.78 is 11.2. The van der Waals surface area contributed by atoms with Gasteiger partial charge in [0.2, 0.25) is 11.7 Å². The van der Waals surface area contributed by atoms with Gasteiger partial charge in [-0.25, -0.2) is 0 Å². The lowest BCUT2D eigenvalue weighted by molar-refractivity contribution is -0.132. The SMILES string of the molecule is CCCCC(=O)N1CCc2c(ccc(-c3noc(-c4ccc(OC(C)C)c(C#N)c4)n3)c2C)C1. The maximum Gasteiger partial charge on any atom is 0.258 e. The Morgan fingerprint density at radius 2 is 2.12 bits per heavy atom. The fraction of sp³-hybridized carbons (Fsp3) is 0.407. The lowest BCUT2D eigenvalue weighted by Crippen LogP contribution is -2.36. The molecule has 1 aliphatic heterocycles. The molecular formula is C27H30N4O3. The molecule has 7 nitrogen and oxygen atoms in total. The van der Waals surface area contributed by atoms with Gasteiger partial charge in [-0.2, -0.15) is 10.2 Å². The number of carbonyl (C=O) groups excluding carboxylic acids is 1. The van der Waals surface area contributed by atoms with Crippen molar-refractivity contribution in [2.45, 2.75) is 66.0 Å². The smallest absolute Gasteiger partial charge is 0.258 e. The molecule has 0 spiro atoms. The number of hydrogen-bond acceptors (Lipinski definition) is 6. The third-order valence-corrected chi connectivity index (χ3v) is 6.16. The zero-order valence-corrected chi connectivity index (χ0v) is 20.2. The van der Waals surface area contributed by atoms with Gasteiger partial charge in [0.1, 0.15) is 11.8 Å². The highest BCUT2D eigenvalue weighted by atomic mass is 16.5. The molecule has 0 bridgehead atoms. The van der Waals surface area contributed by atoms with Crippen molar-refractivity contribution in [3.05, 3.63) is 52.6 Å². The minimum Gasteiger partial charge on any atom is -0.490 e. The predicted octanol–water partition coefficient (Wildman–Crippen LogP) is 5.45. The van der Waals surface area contributed by atoms with E-state index in [1.807, 2.05) is 30.9 Å². The largest absolute Gasteiger partial charge is 0.490 e. The molecule has 4 rings (SSSR count). The van der Waals surface area contributed by atoms with Crippen LogP contribution in [0, 0.1) is 18.3 Å². The molecule has 0 N–H and O–H groups in total. The van der Waals surface area contributed by atoms with Crippen molar-refractivity contribution in [1.82, 2.24) is 15.0 Å². The van der Waals surface area contributed by atoms with Crippen LogP contribution in [0.2, 0.25) is 0 Å². The van der Waals surface area contributed by atoms with E-state index in [-0.39, 0.29) is 12.0 Å². The summed E-state index contributed by atoms with van der Waals surface area (Å²) in [5.74, 6) is 1.64. The number of rotatable bonds is 7. The first-order valence-corrected chi connectivity index (χ1v) is 11.9. The Balaban J connectivity index is 1.57. The van der Waals surface area contributed by atoms with Gasteiger partial charge in [-0.3, -0.25) is 4.79 Å². The molecule has 1 amide bonds. The highest BCUT2D eigenvalue weighted by molar-refractivity contribution is 5.77. The molecule has 0 atom stereocenters. The van der Waals surface area contributed by atoms with Crippen molar-refractivity contribution in [1.29, 1.82) is 5.26 Å². The Bertz CT molecular complexity index is 1240. The third-order valence-electron chi connectivity index (χ3n) is 6.16. The molecule has 3 aromatic rings. The van der Waals surface area contributed by atoms with Crippen LogP contribution < -0.4 is 4.74 Å². The molecule has 176 valence electrons. The second-order valence-corrected chi connectivity index (χ2v) is 8.96. The van der Waals surface area contributed by atoms with E-state index in [0.29, 0.717) is 41.6 Å². The standard InChI is InChI=1S/C27H30N4O3/c1-5-6-7-25(32)31-13-12-22-18(4)23(10-8-20(22)16-31)26-29-27(34-30-26)19-9-11-24(33-17(2)3)21(14-19)15-28/h8-11,14,17H,5-7,12-13,16H2,1-4H3. The van der Waals surface area contributed by atoms with E-state index >= 15 is 0 Å². The highest BCUT2D eigenvalue weighted by Gasteiger charge is 2.24. The van der Waals surface area contributed by atoms with Gasteiger partial charge in [0.05, 0.1) is 11.7 Å². The molecule has 0 fully saturated rings. The molecular weight excluding hydrogens is 428 g/mol. The minimum atomic E-state index is -0.0264. The van der Waals surface area contributed by atoms with Crippen LogP contribution in [0.5, 0.6) is 5.75 Å². The Labute approximate surface area is 200 Å². The van der Waals surface area contributed by atoms with Crippen molar-refractivity contribution in [2.75, 3.05) is 6.54 Å². The van der Waals surface area contributed by atoms with Gasteiger partial charge < -0.3 is 14.2 Å². The summed E-state index contributed by atoms with van der Waals surface area (Å²) >= 11 is 0. The van der Waals surface area contributed by atoms with Crippen LogP contribution in [0.25, 0.3) is 22.8 Å². The number of nitriles is 1. The second kappa shape index (κ2) is 10.1. The third kappa shape index (κ3) is 4.81. The summed E-state index contributed by atoms with van der Waals surface area (Å²) in [6.07, 6.45) is 3.37. The number of amides is 1. The summed E-state index contributed by atoms with van der Waals surface area (Å²) in [5.41, 5.74) is 5.56. The molecule has 1 aromatic heterocycles. The Hall–Kier alpha value is -3.66. The highest BCUT2D eigenvalue weighted by Crippen LogP contribution is 2.32. The van der Waals surface area contributed by atoms with Crippen LogP contribution in [-0.2, 0) is 17.8 Å². The summed E-state index contributed by atoms with van der Waals surface area (Å²) in [6, 6.07) is 11.5. The number of aromatic nitrogens is 2. The molecule has 0 aliphatic carbocycles. The van der Waals surface area contributed by atoms with Crippen molar-refractivity contribution in [3.63, 3.8) is 0 Å². The van der Waals surface area contributed by atoms with Crippen LogP contribution in [0.3, 0.4) is 0 Å². The Kier molecular flexibility index (Phi) is 6.97. The number of carbonyl (C=O) groups is 1. The zero-order chi connectivity index (χ0) is 24.2. The Morgan fingerprint density at radius 3 is 2.85 bits per heavy atom. The van der Waals surface area contributed by atoms with Gasteiger partial charge in [0.15, 0.2) is 0 Å². The Morgan fingerprint density at radius 1 is 1.29 bits per heavy atom. The molecule has 2 heterocycles. The van der Waals surface area contributed by atoms with Crippen LogP contribution in [-0.4, -0.2) is 33.6 Å². The maximum atomic E-state index is 12.5. The summed E-state index contributed by atoms with van der Waals surface area (Å²) in [5, 5.41) is 13.7. The zero-order valence-electron chi connectivity index (χ0n) is 20.2. The van der Waals surface area contributed by atoms with Gasteiger partial charge in [-0.05, 0) is 68.5 Å². The van der Waals surface area contributed by atoms with E-state index < -0.39 is 0 Å². The molecule has 0 radical (unpaired) electrons. The van der Waals surface area contributed by atoms with Crippen molar-refractivity contribution >= 4 is 5.91 Å². The summed E-state index contributed by atoms with van der Waals surface area (Å²) in [4.78, 5) is 19.0. The van der Waals surface area contributed by atoms with Crippen LogP contribution in [0.1, 0.15) is 62.3 Å². The minimum absolute atomic E-state index is 0.0264. The van der Waals surface area contributed by atoms with Gasteiger partial charge in [-0.1, -0.05) is 30.6 Å². The first-order valence-electron chi connectivity index (χ1n) is 11.9. The number of hydrogen-bond donors (Lipinski definition) is 0. The van der Waals surface area contributed by atoms with Crippen molar-refractivity contribution < 1.29 is 14.1 Å². The van der Waals surface area contributed by atoms with Gasteiger partial charge in [0, 0.05) is 30.6 Å². The van der Waals surface area contributed by atoms with E-state index in [4.69, 9.17) is 9.26 Å². The second-order valence-electron chi connectivity index (χ2n) is 8.96. The van der Waals surface area contributed by atoms with Gasteiger partial charge >= 0.3 is 0 Å². The van der Waals surface area contributed by atoms with Crippen molar-refractivity contribution in [2.24, 2.45) is 0 Å². The molecule has 0 saturated heterocycles. The van der Waals surface area contributed by atoms with E-state index in [0.717, 1.165) is 36.9 Å². The quantitative estimate of drug-likeness (QED) is 0.468. The topological polar surface area (TPSA) is 92.3 Å². The molecule has 1 aliphatic rings. The number of fused-ring (bicyclic) bond motifs is 1.